The number of carbonyl (C=O) groups excluding carboxylic acids is 2. The molecule has 172 valence electrons. The van der Waals surface area contributed by atoms with Crippen LogP contribution in [0.1, 0.15) is 27.5 Å². The van der Waals surface area contributed by atoms with Crippen molar-refractivity contribution in [3.05, 3.63) is 83.2 Å². The Balaban J connectivity index is 1.60. The zero-order chi connectivity index (χ0) is 24.2. The molecule has 1 N–H and O–H groups in total. The van der Waals surface area contributed by atoms with Crippen molar-refractivity contribution in [2.24, 2.45) is 0 Å². The summed E-state index contributed by atoms with van der Waals surface area (Å²) in [4.78, 5) is 26.4. The van der Waals surface area contributed by atoms with Crippen LogP contribution in [0.5, 0.6) is 5.75 Å². The maximum atomic E-state index is 14.3. The molecule has 1 aliphatic carbocycles. The summed E-state index contributed by atoms with van der Waals surface area (Å²) in [5, 5.41) is 7.69. The van der Waals surface area contributed by atoms with Gasteiger partial charge in [0.05, 0.1) is 12.6 Å². The molecule has 1 amide bonds. The number of methoxy groups -OCH3 is 1. The number of carbonyl (C=O) groups is 2. The normalized spacial score (nSPS) is 13.5. The van der Waals surface area contributed by atoms with Crippen molar-refractivity contribution in [1.82, 2.24) is 15.1 Å². The summed E-state index contributed by atoms with van der Waals surface area (Å²) >= 11 is 18.5. The van der Waals surface area contributed by atoms with Gasteiger partial charge in [0.1, 0.15) is 11.7 Å². The number of nitrogens with one attached hydrogen (secondary N) is 1. The molecule has 0 aliphatic heterocycles. The van der Waals surface area contributed by atoms with Gasteiger partial charge in [-0.2, -0.15) is 9.78 Å². The highest BCUT2D eigenvalue weighted by atomic mass is 35.6. The van der Waals surface area contributed by atoms with Crippen LogP contribution in [0.2, 0.25) is 0 Å². The lowest BCUT2D eigenvalue weighted by Gasteiger charge is -2.26. The summed E-state index contributed by atoms with van der Waals surface area (Å²) in [5.74, 6) is -0.817. The Bertz CT molecular complexity index is 1480. The number of benzene rings is 3. The Kier molecular flexibility index (Phi) is 5.51. The van der Waals surface area contributed by atoms with E-state index in [-0.39, 0.29) is 17.1 Å². The molecule has 0 fully saturated rings. The number of rotatable bonds is 3. The maximum Gasteiger partial charge on any atom is 0.343 e. The van der Waals surface area contributed by atoms with Gasteiger partial charge in [-0.3, -0.25) is 4.79 Å². The molecule has 4 aromatic rings. The third kappa shape index (κ3) is 3.60. The van der Waals surface area contributed by atoms with Crippen molar-refractivity contribution in [1.29, 1.82) is 0 Å². The quantitative estimate of drug-likeness (QED) is 0.295. The zero-order valence-electron chi connectivity index (χ0n) is 17.5. The van der Waals surface area contributed by atoms with Crippen LogP contribution in [0.15, 0.2) is 60.7 Å². The summed E-state index contributed by atoms with van der Waals surface area (Å²) in [6, 6.07) is 14.2. The largest absolute Gasteiger partial charge is 0.494 e. The first-order valence-electron chi connectivity index (χ1n) is 10.1. The lowest BCUT2D eigenvalue weighted by atomic mass is 9.87. The molecule has 0 unspecified atom stereocenters. The van der Waals surface area contributed by atoms with Crippen LogP contribution in [-0.2, 0) is 0 Å². The number of ether oxygens (including phenoxy) is 1. The van der Waals surface area contributed by atoms with E-state index in [9.17, 15) is 14.0 Å². The summed E-state index contributed by atoms with van der Waals surface area (Å²) in [7, 11) is 1.33. The number of halogens is 4. The maximum absolute atomic E-state index is 14.3. The molecule has 10 heteroatoms. The molecule has 34 heavy (non-hydrogen) atoms. The summed E-state index contributed by atoms with van der Waals surface area (Å²) in [6.45, 7) is 0. The van der Waals surface area contributed by atoms with Crippen LogP contribution in [-0.4, -0.2) is 32.5 Å². The fourth-order valence-electron chi connectivity index (χ4n) is 4.14. The Morgan fingerprint density at radius 3 is 2.44 bits per heavy atom. The van der Waals surface area contributed by atoms with Gasteiger partial charge >= 0.3 is 6.03 Å². The van der Waals surface area contributed by atoms with Gasteiger partial charge in [-0.1, -0.05) is 77.3 Å². The summed E-state index contributed by atoms with van der Waals surface area (Å²) in [6.07, 6.45) is 0. The second-order valence-corrected chi connectivity index (χ2v) is 10.0. The molecule has 0 saturated heterocycles. The molecule has 0 saturated carbocycles. The van der Waals surface area contributed by atoms with E-state index in [2.05, 4.69) is 10.4 Å². The van der Waals surface area contributed by atoms with Crippen LogP contribution < -0.4 is 10.1 Å². The zero-order valence-corrected chi connectivity index (χ0v) is 19.7. The molecule has 1 aliphatic rings. The second kappa shape index (κ2) is 8.27. The standard InChI is InChI=1S/C24H15Cl3FN3O3/c1-34-18-10-9-12(11-16(18)28)22(24(25,26)27)29-23(33)31-17-8-4-7-15-19(17)20(30-31)13-5-2-3-6-14(13)21(15)32/h2-11,22H,1H3,(H,29,33)/t22-/m0/s1. The summed E-state index contributed by atoms with van der Waals surface area (Å²) < 4.78 is 18.4. The first-order valence-corrected chi connectivity index (χ1v) is 11.2. The molecule has 0 radical (unpaired) electrons. The van der Waals surface area contributed by atoms with Crippen molar-refractivity contribution >= 4 is 57.5 Å². The first kappa shape index (κ1) is 22.7. The number of amides is 1. The van der Waals surface area contributed by atoms with Gasteiger partial charge < -0.3 is 10.1 Å². The molecule has 5 rings (SSSR count). The Morgan fingerprint density at radius 2 is 1.76 bits per heavy atom. The third-order valence-electron chi connectivity index (χ3n) is 5.68. The SMILES string of the molecule is COc1ccc([C@H](NC(=O)n2nc3c4c(cccc42)C(=O)c2ccccc2-3)C(Cl)(Cl)Cl)cc1F. The fourth-order valence-corrected chi connectivity index (χ4v) is 4.68. The molecule has 1 heterocycles. The number of nitrogens with zero attached hydrogens (tertiary/aromatic N) is 2. The van der Waals surface area contributed by atoms with Crippen molar-refractivity contribution in [2.75, 3.05) is 7.11 Å². The monoisotopic (exact) mass is 517 g/mol. The van der Waals surface area contributed by atoms with Crippen molar-refractivity contribution in [3.63, 3.8) is 0 Å². The number of hydrogen-bond donors (Lipinski definition) is 1. The van der Waals surface area contributed by atoms with E-state index < -0.39 is 21.7 Å². The van der Waals surface area contributed by atoms with Gasteiger partial charge in [0.15, 0.2) is 17.3 Å². The highest BCUT2D eigenvalue weighted by molar-refractivity contribution is 6.68. The average Bonchev–Trinajstić information content (AvgIpc) is 3.21. The Hall–Kier alpha value is -3.13. The van der Waals surface area contributed by atoms with E-state index in [0.29, 0.717) is 33.3 Å². The molecule has 0 bridgehead atoms. The van der Waals surface area contributed by atoms with E-state index in [0.717, 1.165) is 10.7 Å². The first-order chi connectivity index (χ1) is 16.2. The van der Waals surface area contributed by atoms with E-state index in [1.54, 1.807) is 42.5 Å². The lowest BCUT2D eigenvalue weighted by molar-refractivity contribution is 0.104. The minimum Gasteiger partial charge on any atom is -0.494 e. The Morgan fingerprint density at radius 1 is 1.06 bits per heavy atom. The highest BCUT2D eigenvalue weighted by Crippen LogP contribution is 2.42. The number of ketones is 1. The van der Waals surface area contributed by atoms with Crippen LogP contribution in [0.4, 0.5) is 9.18 Å². The minimum absolute atomic E-state index is 0.00936. The molecular formula is C24H15Cl3FN3O3. The smallest absolute Gasteiger partial charge is 0.343 e. The average molecular weight is 519 g/mol. The predicted octanol–water partition coefficient (Wildman–Crippen LogP) is 6.06. The predicted molar refractivity (Wildman–Crippen MR) is 129 cm³/mol. The molecule has 0 spiro atoms. The number of fused-ring (bicyclic) bond motifs is 2. The van der Waals surface area contributed by atoms with Gasteiger partial charge in [0.25, 0.3) is 0 Å². The molecule has 1 aromatic heterocycles. The third-order valence-corrected chi connectivity index (χ3v) is 6.33. The Labute approximate surface area is 208 Å². The molecule has 6 nitrogen and oxygen atoms in total. The van der Waals surface area contributed by atoms with E-state index in [4.69, 9.17) is 39.5 Å². The van der Waals surface area contributed by atoms with Gasteiger partial charge in [-0.15, -0.1) is 0 Å². The highest BCUT2D eigenvalue weighted by Gasteiger charge is 2.37. The van der Waals surface area contributed by atoms with E-state index in [1.165, 1.54) is 19.2 Å². The van der Waals surface area contributed by atoms with Gasteiger partial charge in [-0.05, 0) is 23.8 Å². The summed E-state index contributed by atoms with van der Waals surface area (Å²) in [5.41, 5.74) is 2.70. The minimum atomic E-state index is -2.01. The van der Waals surface area contributed by atoms with Crippen LogP contribution in [0.25, 0.3) is 22.2 Å². The molecule has 1 atom stereocenters. The van der Waals surface area contributed by atoms with Crippen LogP contribution >= 0.6 is 34.8 Å². The van der Waals surface area contributed by atoms with Crippen molar-refractivity contribution in [2.45, 2.75) is 9.83 Å². The number of aromatic nitrogens is 2. The number of alkyl halides is 3. The van der Waals surface area contributed by atoms with Crippen LogP contribution in [0.3, 0.4) is 0 Å². The molecule has 3 aromatic carbocycles. The van der Waals surface area contributed by atoms with E-state index >= 15 is 0 Å². The lowest BCUT2D eigenvalue weighted by Crippen LogP contribution is -2.39. The van der Waals surface area contributed by atoms with Crippen molar-refractivity contribution in [3.8, 4) is 17.0 Å². The van der Waals surface area contributed by atoms with Gasteiger partial charge in [0.2, 0.25) is 3.79 Å². The van der Waals surface area contributed by atoms with Crippen LogP contribution in [0, 0.1) is 5.82 Å². The van der Waals surface area contributed by atoms with Crippen molar-refractivity contribution < 1.29 is 18.7 Å². The van der Waals surface area contributed by atoms with Gasteiger partial charge in [0, 0.05) is 22.1 Å². The topological polar surface area (TPSA) is 73.2 Å². The second-order valence-electron chi connectivity index (χ2n) is 7.65. The molecular weight excluding hydrogens is 504 g/mol. The van der Waals surface area contributed by atoms with E-state index in [1.807, 2.05) is 0 Å². The van der Waals surface area contributed by atoms with Gasteiger partial charge in [-0.25, -0.2) is 9.18 Å². The fraction of sp³-hybridized carbons (Fsp3) is 0.125. The number of hydrogen-bond acceptors (Lipinski definition) is 4.